The molecule has 0 bridgehead atoms. The molecular weight excluding hydrogens is 330 g/mol. The van der Waals surface area contributed by atoms with E-state index in [4.69, 9.17) is 11.5 Å². The highest BCUT2D eigenvalue weighted by Gasteiger charge is 2.12. The molecule has 0 fully saturated rings. The van der Waals surface area contributed by atoms with E-state index in [1.165, 1.54) is 27.6 Å². The van der Waals surface area contributed by atoms with Gasteiger partial charge < -0.3 is 16.4 Å². The van der Waals surface area contributed by atoms with E-state index < -0.39 is 0 Å². The predicted octanol–water partition coefficient (Wildman–Crippen LogP) is 5.21. The number of fused-ring (bicyclic) bond motifs is 1. The molecule has 0 aliphatic carbocycles. The highest BCUT2D eigenvalue weighted by molar-refractivity contribution is 5.94. The average molecular weight is 353 g/mol. The molecule has 4 rings (SSSR count). The first-order valence-electron chi connectivity index (χ1n) is 9.10. The standard InChI is InChI=1S/C24H23N3/c25-21-12-8-18(9-13-21)16-27(17-19-10-14-22(26)15-11-19)24-7-3-5-20-4-1-2-6-23(20)24/h1-15H,16-17,25-26H2. The molecule has 0 spiro atoms. The van der Waals surface area contributed by atoms with Crippen molar-refractivity contribution in [2.24, 2.45) is 0 Å². The van der Waals surface area contributed by atoms with Crippen LogP contribution >= 0.6 is 0 Å². The number of benzene rings is 4. The zero-order valence-corrected chi connectivity index (χ0v) is 15.2. The van der Waals surface area contributed by atoms with Crippen molar-refractivity contribution < 1.29 is 0 Å². The maximum Gasteiger partial charge on any atom is 0.0451 e. The summed E-state index contributed by atoms with van der Waals surface area (Å²) in [5.74, 6) is 0. The fraction of sp³-hybridized carbons (Fsp3) is 0.0833. The molecule has 0 saturated heterocycles. The molecule has 3 heteroatoms. The fourth-order valence-corrected chi connectivity index (χ4v) is 3.40. The smallest absolute Gasteiger partial charge is 0.0451 e. The molecule has 0 amide bonds. The van der Waals surface area contributed by atoms with Gasteiger partial charge in [0.25, 0.3) is 0 Å². The molecule has 0 unspecified atom stereocenters. The highest BCUT2D eigenvalue weighted by atomic mass is 15.1. The van der Waals surface area contributed by atoms with Crippen LogP contribution in [0.1, 0.15) is 11.1 Å². The Morgan fingerprint density at radius 2 is 1.07 bits per heavy atom. The minimum atomic E-state index is 0.786. The molecule has 4 aromatic carbocycles. The second kappa shape index (κ2) is 7.42. The minimum absolute atomic E-state index is 0.786. The van der Waals surface area contributed by atoms with Crippen LogP contribution in [0.2, 0.25) is 0 Å². The summed E-state index contributed by atoms with van der Waals surface area (Å²) in [6.45, 7) is 1.61. The van der Waals surface area contributed by atoms with Gasteiger partial charge in [-0.2, -0.15) is 0 Å². The van der Waals surface area contributed by atoms with Gasteiger partial charge in [-0.15, -0.1) is 0 Å². The Morgan fingerprint density at radius 3 is 1.67 bits per heavy atom. The number of anilines is 3. The number of hydrogen-bond acceptors (Lipinski definition) is 3. The van der Waals surface area contributed by atoms with Crippen LogP contribution < -0.4 is 16.4 Å². The molecule has 0 aliphatic heterocycles. The van der Waals surface area contributed by atoms with Crippen LogP contribution in [0.4, 0.5) is 17.1 Å². The number of hydrogen-bond donors (Lipinski definition) is 2. The normalized spacial score (nSPS) is 10.8. The Labute approximate surface area is 159 Å². The van der Waals surface area contributed by atoms with E-state index in [1.54, 1.807) is 0 Å². The van der Waals surface area contributed by atoms with Crippen molar-refractivity contribution in [3.63, 3.8) is 0 Å². The second-order valence-electron chi connectivity index (χ2n) is 6.84. The van der Waals surface area contributed by atoms with Crippen LogP contribution in [-0.4, -0.2) is 0 Å². The summed E-state index contributed by atoms with van der Waals surface area (Å²) in [7, 11) is 0. The van der Waals surface area contributed by atoms with E-state index in [1.807, 2.05) is 24.3 Å². The van der Waals surface area contributed by atoms with Crippen molar-refractivity contribution >= 4 is 27.8 Å². The number of nitrogen functional groups attached to an aromatic ring is 2. The molecule has 0 saturated carbocycles. The van der Waals surface area contributed by atoms with Crippen LogP contribution in [0.5, 0.6) is 0 Å². The first-order chi connectivity index (χ1) is 13.2. The summed E-state index contributed by atoms with van der Waals surface area (Å²) >= 11 is 0. The van der Waals surface area contributed by atoms with Crippen LogP contribution in [0.25, 0.3) is 10.8 Å². The van der Waals surface area contributed by atoms with Gasteiger partial charge in [0.15, 0.2) is 0 Å². The van der Waals surface area contributed by atoms with E-state index in [0.29, 0.717) is 0 Å². The predicted molar refractivity (Wildman–Crippen MR) is 116 cm³/mol. The maximum absolute atomic E-state index is 5.86. The van der Waals surface area contributed by atoms with E-state index >= 15 is 0 Å². The maximum atomic E-state index is 5.86. The van der Waals surface area contributed by atoms with Gasteiger partial charge in [-0.25, -0.2) is 0 Å². The monoisotopic (exact) mass is 353 g/mol. The number of nitrogens with two attached hydrogens (primary N) is 2. The third kappa shape index (κ3) is 3.87. The number of rotatable bonds is 5. The Bertz CT molecular complexity index is 984. The van der Waals surface area contributed by atoms with Gasteiger partial charge in [0.05, 0.1) is 0 Å². The van der Waals surface area contributed by atoms with E-state index in [0.717, 1.165) is 24.5 Å². The highest BCUT2D eigenvalue weighted by Crippen LogP contribution is 2.29. The van der Waals surface area contributed by atoms with Crippen molar-refractivity contribution in [2.75, 3.05) is 16.4 Å². The van der Waals surface area contributed by atoms with Crippen LogP contribution in [0.3, 0.4) is 0 Å². The zero-order chi connectivity index (χ0) is 18.6. The Balaban J connectivity index is 1.74. The Kier molecular flexibility index (Phi) is 4.67. The van der Waals surface area contributed by atoms with Crippen molar-refractivity contribution in [2.45, 2.75) is 13.1 Å². The van der Waals surface area contributed by atoms with Gasteiger partial charge >= 0.3 is 0 Å². The van der Waals surface area contributed by atoms with Crippen molar-refractivity contribution in [1.29, 1.82) is 0 Å². The van der Waals surface area contributed by atoms with Crippen molar-refractivity contribution in [3.8, 4) is 0 Å². The third-order valence-corrected chi connectivity index (χ3v) is 4.81. The molecule has 4 N–H and O–H groups in total. The Morgan fingerprint density at radius 1 is 0.556 bits per heavy atom. The van der Waals surface area contributed by atoms with Crippen molar-refractivity contribution in [1.82, 2.24) is 0 Å². The topological polar surface area (TPSA) is 55.3 Å². The Hall–Kier alpha value is -3.46. The largest absolute Gasteiger partial charge is 0.399 e. The molecule has 0 aliphatic rings. The lowest BCUT2D eigenvalue weighted by Gasteiger charge is -2.27. The van der Waals surface area contributed by atoms with Crippen LogP contribution in [0.15, 0.2) is 91.0 Å². The lowest BCUT2D eigenvalue weighted by Crippen LogP contribution is -2.22. The van der Waals surface area contributed by atoms with E-state index in [-0.39, 0.29) is 0 Å². The minimum Gasteiger partial charge on any atom is -0.399 e. The summed E-state index contributed by atoms with van der Waals surface area (Å²) in [4.78, 5) is 2.40. The lowest BCUT2D eigenvalue weighted by molar-refractivity contribution is 0.804. The first-order valence-corrected chi connectivity index (χ1v) is 9.10. The first kappa shape index (κ1) is 17.0. The van der Waals surface area contributed by atoms with Crippen molar-refractivity contribution in [3.05, 3.63) is 102 Å². The zero-order valence-electron chi connectivity index (χ0n) is 15.2. The fourth-order valence-electron chi connectivity index (χ4n) is 3.40. The quantitative estimate of drug-likeness (QED) is 0.484. The molecule has 0 heterocycles. The summed E-state index contributed by atoms with van der Waals surface area (Å²) in [5, 5.41) is 2.50. The van der Waals surface area contributed by atoms with Gasteiger partial charge in [-0.1, -0.05) is 60.7 Å². The molecule has 0 aromatic heterocycles. The SMILES string of the molecule is Nc1ccc(CN(Cc2ccc(N)cc2)c2cccc3ccccc23)cc1. The van der Waals surface area contributed by atoms with E-state index in [2.05, 4.69) is 71.6 Å². The van der Waals surface area contributed by atoms with Crippen LogP contribution in [-0.2, 0) is 13.1 Å². The number of nitrogens with zero attached hydrogens (tertiary/aromatic N) is 1. The van der Waals surface area contributed by atoms with Gasteiger partial charge in [0, 0.05) is 35.5 Å². The summed E-state index contributed by atoms with van der Waals surface area (Å²) in [5.41, 5.74) is 17.0. The molecule has 134 valence electrons. The molecule has 27 heavy (non-hydrogen) atoms. The molecule has 3 nitrogen and oxygen atoms in total. The molecular formula is C24H23N3. The van der Waals surface area contributed by atoms with Gasteiger partial charge in [-0.3, -0.25) is 0 Å². The van der Waals surface area contributed by atoms with Gasteiger partial charge in [0.2, 0.25) is 0 Å². The second-order valence-corrected chi connectivity index (χ2v) is 6.84. The van der Waals surface area contributed by atoms with Gasteiger partial charge in [0.1, 0.15) is 0 Å². The van der Waals surface area contributed by atoms with Crippen LogP contribution in [0, 0.1) is 0 Å². The van der Waals surface area contributed by atoms with Gasteiger partial charge in [-0.05, 0) is 46.8 Å². The van der Waals surface area contributed by atoms with E-state index in [9.17, 15) is 0 Å². The summed E-state index contributed by atoms with van der Waals surface area (Å²) in [6.07, 6.45) is 0. The summed E-state index contributed by atoms with van der Waals surface area (Å²) < 4.78 is 0. The summed E-state index contributed by atoms with van der Waals surface area (Å²) in [6, 6.07) is 31.2. The molecule has 0 radical (unpaired) electrons. The lowest BCUT2D eigenvalue weighted by atomic mass is 10.1. The molecule has 4 aromatic rings. The average Bonchev–Trinajstić information content (AvgIpc) is 2.70. The third-order valence-electron chi connectivity index (χ3n) is 4.81. The molecule has 0 atom stereocenters.